The molecule has 3 N–H and O–H groups in total. The van der Waals surface area contributed by atoms with E-state index in [1.54, 1.807) is 0 Å². The number of rotatable bonds is 64. The lowest BCUT2D eigenvalue weighted by molar-refractivity contribution is -0.143. The van der Waals surface area contributed by atoms with Crippen LogP contribution in [-0.2, 0) is 14.3 Å². The van der Waals surface area contributed by atoms with Crippen molar-refractivity contribution >= 4 is 11.9 Å². The molecule has 0 aromatic heterocycles. The first-order chi connectivity index (χ1) is 36.5. The predicted molar refractivity (Wildman–Crippen MR) is 324 cm³/mol. The Morgan fingerprint density at radius 3 is 0.959 bits per heavy atom. The van der Waals surface area contributed by atoms with Gasteiger partial charge in [-0.2, -0.15) is 0 Å². The van der Waals surface area contributed by atoms with Gasteiger partial charge in [-0.3, -0.25) is 9.59 Å². The molecule has 0 fully saturated rings. The summed E-state index contributed by atoms with van der Waals surface area (Å²) in [7, 11) is 0. The number of esters is 1. The summed E-state index contributed by atoms with van der Waals surface area (Å²) in [5.41, 5.74) is 0. The number of hydrogen-bond acceptors (Lipinski definition) is 5. The summed E-state index contributed by atoms with van der Waals surface area (Å²) in [5.74, 6) is -0.0219. The van der Waals surface area contributed by atoms with E-state index in [2.05, 4.69) is 31.3 Å². The van der Waals surface area contributed by atoms with Crippen molar-refractivity contribution in [3.8, 4) is 0 Å². The monoisotopic (exact) mass is 1040 g/mol. The largest absolute Gasteiger partial charge is 0.466 e. The van der Waals surface area contributed by atoms with Gasteiger partial charge < -0.3 is 20.3 Å². The van der Waals surface area contributed by atoms with Crippen LogP contribution in [-0.4, -0.2) is 47.4 Å². The second-order valence-corrected chi connectivity index (χ2v) is 23.5. The summed E-state index contributed by atoms with van der Waals surface area (Å²) < 4.78 is 5.50. The molecule has 0 saturated heterocycles. The lowest BCUT2D eigenvalue weighted by Crippen LogP contribution is -2.45. The highest BCUT2D eigenvalue weighted by atomic mass is 16.5. The molecule has 6 heteroatoms. The normalized spacial score (nSPS) is 12.5. The SMILES string of the molecule is CCCCCCCC/C=C\CCCCCCCCCC(=O)OCCCCCCCCCCCCCCCCCCCCCCCC(=O)NC(CO)C(O)CCCCCCCCCCCCCCCCCCCCC. The molecule has 0 spiro atoms. The molecule has 0 saturated carbocycles. The number of carbonyl (C=O) groups excluding carboxylic acids is 2. The predicted octanol–water partition coefficient (Wildman–Crippen LogP) is 21.6. The van der Waals surface area contributed by atoms with Gasteiger partial charge in [-0.25, -0.2) is 0 Å². The van der Waals surface area contributed by atoms with Crippen molar-refractivity contribution in [2.75, 3.05) is 13.2 Å². The van der Waals surface area contributed by atoms with Gasteiger partial charge in [-0.05, 0) is 51.4 Å². The molecular weight excluding hydrogens is 911 g/mol. The van der Waals surface area contributed by atoms with Crippen molar-refractivity contribution in [2.45, 2.75) is 398 Å². The van der Waals surface area contributed by atoms with E-state index < -0.39 is 12.1 Å². The van der Waals surface area contributed by atoms with Gasteiger partial charge in [0.1, 0.15) is 0 Å². The Kier molecular flexibility index (Phi) is 62.9. The number of ether oxygens (including phenoxy) is 1. The molecule has 1 amide bonds. The lowest BCUT2D eigenvalue weighted by Gasteiger charge is -2.22. The minimum absolute atomic E-state index is 0.00987. The van der Waals surface area contributed by atoms with Crippen molar-refractivity contribution in [1.82, 2.24) is 5.32 Å². The molecule has 2 atom stereocenters. The Bertz CT molecular complexity index is 1110. The molecule has 0 aliphatic heterocycles. The molecule has 0 rings (SSSR count). The summed E-state index contributed by atoms with van der Waals surface area (Å²) >= 11 is 0. The highest BCUT2D eigenvalue weighted by Crippen LogP contribution is 2.19. The maximum Gasteiger partial charge on any atom is 0.305 e. The molecule has 0 aliphatic carbocycles. The topological polar surface area (TPSA) is 95.9 Å². The fourth-order valence-electron chi connectivity index (χ4n) is 10.9. The van der Waals surface area contributed by atoms with E-state index in [1.807, 2.05) is 0 Å². The molecule has 0 aromatic rings. The van der Waals surface area contributed by atoms with Crippen LogP contribution in [0.3, 0.4) is 0 Å². The fraction of sp³-hybridized carbons (Fsp3) is 0.941. The van der Waals surface area contributed by atoms with E-state index in [-0.39, 0.29) is 18.5 Å². The molecule has 0 heterocycles. The first kappa shape index (κ1) is 72.6. The number of aliphatic hydroxyl groups is 2. The molecule has 0 aliphatic rings. The summed E-state index contributed by atoms with van der Waals surface area (Å²) in [6.07, 6.45) is 78.1. The molecule has 0 aromatic carbocycles. The number of amides is 1. The van der Waals surface area contributed by atoms with Crippen LogP contribution in [0.1, 0.15) is 386 Å². The summed E-state index contributed by atoms with van der Waals surface area (Å²) in [4.78, 5) is 24.6. The van der Waals surface area contributed by atoms with Gasteiger partial charge in [0.25, 0.3) is 0 Å². The van der Waals surface area contributed by atoms with Crippen molar-refractivity contribution in [1.29, 1.82) is 0 Å². The fourth-order valence-corrected chi connectivity index (χ4v) is 10.9. The zero-order valence-electron chi connectivity index (χ0n) is 50.4. The van der Waals surface area contributed by atoms with Crippen LogP contribution in [0.2, 0.25) is 0 Å². The Morgan fingerprint density at radius 2 is 0.635 bits per heavy atom. The van der Waals surface area contributed by atoms with Crippen molar-refractivity contribution in [2.24, 2.45) is 0 Å². The smallest absolute Gasteiger partial charge is 0.305 e. The van der Waals surface area contributed by atoms with E-state index in [0.717, 1.165) is 44.9 Å². The van der Waals surface area contributed by atoms with Crippen molar-refractivity contribution in [3.05, 3.63) is 12.2 Å². The quantitative estimate of drug-likeness (QED) is 0.0320. The van der Waals surface area contributed by atoms with E-state index in [0.29, 0.717) is 25.9 Å². The van der Waals surface area contributed by atoms with Gasteiger partial charge in [-0.1, -0.05) is 334 Å². The highest BCUT2D eigenvalue weighted by Gasteiger charge is 2.20. The molecule has 6 nitrogen and oxygen atoms in total. The highest BCUT2D eigenvalue weighted by molar-refractivity contribution is 5.76. The minimum Gasteiger partial charge on any atom is -0.466 e. The molecule has 0 bridgehead atoms. The Hall–Kier alpha value is -1.40. The van der Waals surface area contributed by atoms with Gasteiger partial charge in [0.15, 0.2) is 0 Å². The summed E-state index contributed by atoms with van der Waals surface area (Å²) in [5, 5.41) is 23.4. The molecule has 440 valence electrons. The standard InChI is InChI=1S/C68H133NO5/c1-3-5-7-9-11-13-15-17-19-21-25-29-32-36-40-44-48-52-56-60-66(71)65(64-70)69-67(72)61-57-53-49-45-41-37-33-30-26-23-22-24-27-31-35-39-43-47-51-55-59-63-74-68(73)62-58-54-50-46-42-38-34-28-20-18-16-14-12-10-8-6-4-2/h18,20,65-66,70-71H,3-17,19,21-64H2,1-2H3,(H,69,72)/b20-18-. The van der Waals surface area contributed by atoms with Gasteiger partial charge in [0.2, 0.25) is 5.91 Å². The number of nitrogens with one attached hydrogen (secondary N) is 1. The van der Waals surface area contributed by atoms with Crippen LogP contribution >= 0.6 is 0 Å². The Balaban J connectivity index is 3.37. The third-order valence-electron chi connectivity index (χ3n) is 16.1. The second-order valence-electron chi connectivity index (χ2n) is 23.5. The summed E-state index contributed by atoms with van der Waals surface area (Å²) in [6, 6.07) is -0.542. The van der Waals surface area contributed by atoms with Crippen LogP contribution in [0.5, 0.6) is 0 Å². The minimum atomic E-state index is -0.665. The number of aliphatic hydroxyl groups excluding tert-OH is 2. The third kappa shape index (κ3) is 59.8. The number of hydrogen-bond donors (Lipinski definition) is 3. The van der Waals surface area contributed by atoms with E-state index in [4.69, 9.17) is 4.74 Å². The van der Waals surface area contributed by atoms with E-state index in [9.17, 15) is 19.8 Å². The van der Waals surface area contributed by atoms with Crippen LogP contribution in [0.4, 0.5) is 0 Å². The number of carbonyl (C=O) groups is 2. The van der Waals surface area contributed by atoms with Gasteiger partial charge in [0, 0.05) is 12.8 Å². The average molecular weight is 1040 g/mol. The zero-order valence-corrected chi connectivity index (χ0v) is 50.4. The Morgan fingerprint density at radius 1 is 0.365 bits per heavy atom. The average Bonchev–Trinajstić information content (AvgIpc) is 3.40. The maximum absolute atomic E-state index is 12.5. The van der Waals surface area contributed by atoms with Crippen molar-refractivity contribution < 1.29 is 24.5 Å². The molecular formula is C68H133NO5. The first-order valence-corrected chi connectivity index (χ1v) is 33.9. The lowest BCUT2D eigenvalue weighted by atomic mass is 10.0. The first-order valence-electron chi connectivity index (χ1n) is 33.9. The maximum atomic E-state index is 12.5. The van der Waals surface area contributed by atoms with Gasteiger partial charge in [-0.15, -0.1) is 0 Å². The summed E-state index contributed by atoms with van der Waals surface area (Å²) in [6.45, 7) is 4.98. The second kappa shape index (κ2) is 64.1. The van der Waals surface area contributed by atoms with Crippen LogP contribution in [0, 0.1) is 0 Å². The molecule has 74 heavy (non-hydrogen) atoms. The Labute approximate surface area is 463 Å². The van der Waals surface area contributed by atoms with Crippen LogP contribution in [0.25, 0.3) is 0 Å². The van der Waals surface area contributed by atoms with Crippen LogP contribution < -0.4 is 5.32 Å². The molecule has 0 radical (unpaired) electrons. The van der Waals surface area contributed by atoms with Gasteiger partial charge >= 0.3 is 5.97 Å². The third-order valence-corrected chi connectivity index (χ3v) is 16.1. The zero-order chi connectivity index (χ0) is 53.6. The van der Waals surface area contributed by atoms with Gasteiger partial charge in [0.05, 0.1) is 25.4 Å². The van der Waals surface area contributed by atoms with E-state index >= 15 is 0 Å². The number of unbranched alkanes of at least 4 members (excludes halogenated alkanes) is 51. The van der Waals surface area contributed by atoms with Crippen molar-refractivity contribution in [3.63, 3.8) is 0 Å². The van der Waals surface area contributed by atoms with Crippen LogP contribution in [0.15, 0.2) is 12.2 Å². The number of allylic oxidation sites excluding steroid dienone is 2. The van der Waals surface area contributed by atoms with E-state index in [1.165, 1.54) is 308 Å². The molecule has 2 unspecified atom stereocenters.